The Labute approximate surface area is 89.1 Å². The minimum absolute atomic E-state index is 0.686. The van der Waals surface area contributed by atoms with Crippen molar-refractivity contribution in [3.63, 3.8) is 0 Å². The molecular weight excluding hydrogens is 186 g/mol. The average Bonchev–Trinajstić information content (AvgIpc) is 2.96. The van der Waals surface area contributed by atoms with Crippen molar-refractivity contribution in [2.24, 2.45) is 0 Å². The van der Waals surface area contributed by atoms with Crippen LogP contribution in [0.2, 0.25) is 0 Å². The molecule has 0 atom stereocenters. The molecule has 15 heavy (non-hydrogen) atoms. The molecule has 0 amide bonds. The van der Waals surface area contributed by atoms with Crippen LogP contribution in [-0.2, 0) is 0 Å². The van der Waals surface area contributed by atoms with E-state index in [1.165, 1.54) is 24.0 Å². The lowest BCUT2D eigenvalue weighted by Gasteiger charge is -2.07. The first-order valence-corrected chi connectivity index (χ1v) is 5.46. The van der Waals surface area contributed by atoms with Crippen LogP contribution in [0.3, 0.4) is 0 Å². The molecule has 1 aliphatic carbocycles. The normalized spacial score (nSPS) is 15.9. The van der Waals surface area contributed by atoms with E-state index in [9.17, 15) is 0 Å². The number of hydrogen-bond donors (Lipinski definition) is 1. The van der Waals surface area contributed by atoms with Gasteiger partial charge in [0.2, 0.25) is 0 Å². The molecule has 1 N–H and O–H groups in total. The van der Waals surface area contributed by atoms with Gasteiger partial charge in [-0.25, -0.2) is 4.98 Å². The largest absolute Gasteiger partial charge is 0.381 e. The second kappa shape index (κ2) is 2.99. The molecule has 2 aromatic rings. The number of aryl methyl sites for hydroxylation is 2. The van der Waals surface area contributed by atoms with E-state index in [0.29, 0.717) is 6.04 Å². The minimum atomic E-state index is 0.686. The molecule has 3 heteroatoms. The highest BCUT2D eigenvalue weighted by Gasteiger charge is 2.22. The van der Waals surface area contributed by atoms with Gasteiger partial charge in [0.25, 0.3) is 0 Å². The third-order valence-corrected chi connectivity index (χ3v) is 2.95. The maximum Gasteiger partial charge on any atom is 0.110 e. The number of nitrogens with one attached hydrogen (secondary N) is 1. The van der Waals surface area contributed by atoms with Crippen LogP contribution in [0.1, 0.15) is 24.4 Å². The Morgan fingerprint density at radius 2 is 2.20 bits per heavy atom. The fraction of sp³-hybridized carbons (Fsp3) is 0.417. The second-order valence-corrected chi connectivity index (χ2v) is 4.30. The lowest BCUT2D eigenvalue weighted by atomic mass is 10.3. The van der Waals surface area contributed by atoms with Gasteiger partial charge in [0.15, 0.2) is 0 Å². The van der Waals surface area contributed by atoms with Crippen LogP contribution in [0.25, 0.3) is 5.52 Å². The number of anilines is 1. The smallest absolute Gasteiger partial charge is 0.110 e. The highest BCUT2D eigenvalue weighted by Crippen LogP contribution is 2.28. The van der Waals surface area contributed by atoms with Crippen molar-refractivity contribution in [1.82, 2.24) is 9.38 Å². The molecule has 3 rings (SSSR count). The fourth-order valence-electron chi connectivity index (χ4n) is 2.06. The summed E-state index contributed by atoms with van der Waals surface area (Å²) in [5.41, 5.74) is 3.55. The molecule has 2 aromatic heterocycles. The summed E-state index contributed by atoms with van der Waals surface area (Å²) >= 11 is 0. The van der Waals surface area contributed by atoms with E-state index in [2.05, 4.69) is 40.0 Å². The van der Waals surface area contributed by atoms with E-state index in [4.69, 9.17) is 0 Å². The van der Waals surface area contributed by atoms with Gasteiger partial charge >= 0.3 is 0 Å². The number of fused-ring (bicyclic) bond motifs is 1. The lowest BCUT2D eigenvalue weighted by Crippen LogP contribution is -2.02. The summed E-state index contributed by atoms with van der Waals surface area (Å²) in [6.07, 6.45) is 4.67. The first kappa shape index (κ1) is 8.77. The van der Waals surface area contributed by atoms with Gasteiger partial charge in [-0.2, -0.15) is 0 Å². The molecule has 0 aromatic carbocycles. The summed E-state index contributed by atoms with van der Waals surface area (Å²) in [5.74, 6) is 1.06. The molecule has 0 bridgehead atoms. The van der Waals surface area contributed by atoms with Crippen molar-refractivity contribution >= 4 is 11.2 Å². The van der Waals surface area contributed by atoms with Crippen molar-refractivity contribution < 1.29 is 0 Å². The van der Waals surface area contributed by atoms with E-state index in [-0.39, 0.29) is 0 Å². The Balaban J connectivity index is 2.18. The third-order valence-electron chi connectivity index (χ3n) is 2.95. The van der Waals surface area contributed by atoms with Gasteiger partial charge in [0, 0.05) is 12.2 Å². The van der Waals surface area contributed by atoms with E-state index in [1.807, 2.05) is 6.92 Å². The zero-order valence-electron chi connectivity index (χ0n) is 9.12. The van der Waals surface area contributed by atoms with Gasteiger partial charge in [0.1, 0.15) is 5.82 Å². The molecule has 0 saturated heterocycles. The van der Waals surface area contributed by atoms with Gasteiger partial charge in [0.05, 0.1) is 16.9 Å². The second-order valence-electron chi connectivity index (χ2n) is 4.30. The molecule has 2 heterocycles. The first-order chi connectivity index (χ1) is 7.25. The summed E-state index contributed by atoms with van der Waals surface area (Å²) in [6.45, 7) is 4.11. The van der Waals surface area contributed by atoms with Gasteiger partial charge < -0.3 is 9.72 Å². The highest BCUT2D eigenvalue weighted by molar-refractivity contribution is 5.75. The number of aromatic nitrogens is 2. The van der Waals surface area contributed by atoms with Crippen LogP contribution in [0.4, 0.5) is 5.69 Å². The molecule has 78 valence electrons. The molecular formula is C12H15N3. The van der Waals surface area contributed by atoms with E-state index in [0.717, 1.165) is 11.5 Å². The maximum atomic E-state index is 4.50. The molecule has 0 radical (unpaired) electrons. The SMILES string of the molecule is Cc1nc(C)n2cccc(NC3CC3)c12. The Bertz CT molecular complexity index is 509. The summed E-state index contributed by atoms with van der Waals surface area (Å²) in [6, 6.07) is 4.90. The fourth-order valence-corrected chi connectivity index (χ4v) is 2.06. The van der Waals surface area contributed by atoms with E-state index >= 15 is 0 Å². The topological polar surface area (TPSA) is 29.3 Å². The van der Waals surface area contributed by atoms with Crippen LogP contribution >= 0.6 is 0 Å². The third kappa shape index (κ3) is 1.39. The Morgan fingerprint density at radius 3 is 2.93 bits per heavy atom. The Hall–Kier alpha value is -1.51. The molecule has 0 spiro atoms. The van der Waals surface area contributed by atoms with Crippen LogP contribution in [0, 0.1) is 13.8 Å². The number of hydrogen-bond acceptors (Lipinski definition) is 2. The van der Waals surface area contributed by atoms with Crippen LogP contribution in [-0.4, -0.2) is 15.4 Å². The standard InChI is InChI=1S/C12H15N3/c1-8-12-11(14-10-5-6-10)4-3-7-15(12)9(2)13-8/h3-4,7,10,14H,5-6H2,1-2H3. The number of pyridine rings is 1. The minimum Gasteiger partial charge on any atom is -0.381 e. The van der Waals surface area contributed by atoms with Crippen molar-refractivity contribution in [3.8, 4) is 0 Å². The van der Waals surface area contributed by atoms with Gasteiger partial charge in [-0.15, -0.1) is 0 Å². The number of imidazole rings is 1. The van der Waals surface area contributed by atoms with Crippen molar-refractivity contribution in [3.05, 3.63) is 29.8 Å². The summed E-state index contributed by atoms with van der Waals surface area (Å²) in [5, 5.41) is 3.55. The van der Waals surface area contributed by atoms with Gasteiger partial charge in [-0.1, -0.05) is 0 Å². The van der Waals surface area contributed by atoms with Crippen LogP contribution < -0.4 is 5.32 Å². The van der Waals surface area contributed by atoms with Gasteiger partial charge in [-0.3, -0.25) is 0 Å². The van der Waals surface area contributed by atoms with Crippen LogP contribution in [0.15, 0.2) is 18.3 Å². The number of nitrogens with zero attached hydrogens (tertiary/aromatic N) is 2. The van der Waals surface area contributed by atoms with Gasteiger partial charge in [-0.05, 0) is 38.8 Å². The zero-order chi connectivity index (χ0) is 10.4. The summed E-state index contributed by atoms with van der Waals surface area (Å²) in [4.78, 5) is 4.50. The molecule has 0 unspecified atom stereocenters. The van der Waals surface area contributed by atoms with Crippen molar-refractivity contribution in [2.75, 3.05) is 5.32 Å². The molecule has 3 nitrogen and oxygen atoms in total. The predicted molar refractivity (Wildman–Crippen MR) is 61.3 cm³/mol. The quantitative estimate of drug-likeness (QED) is 0.809. The first-order valence-electron chi connectivity index (χ1n) is 5.46. The molecule has 1 aliphatic rings. The zero-order valence-corrected chi connectivity index (χ0v) is 9.12. The summed E-state index contributed by atoms with van der Waals surface area (Å²) in [7, 11) is 0. The molecule has 1 fully saturated rings. The Morgan fingerprint density at radius 1 is 1.40 bits per heavy atom. The predicted octanol–water partition coefficient (Wildman–Crippen LogP) is 2.53. The molecule has 1 saturated carbocycles. The molecule has 0 aliphatic heterocycles. The number of rotatable bonds is 2. The maximum absolute atomic E-state index is 4.50. The average molecular weight is 201 g/mol. The van der Waals surface area contributed by atoms with Crippen molar-refractivity contribution in [2.45, 2.75) is 32.7 Å². The van der Waals surface area contributed by atoms with Crippen molar-refractivity contribution in [1.29, 1.82) is 0 Å². The van der Waals surface area contributed by atoms with E-state index < -0.39 is 0 Å². The lowest BCUT2D eigenvalue weighted by molar-refractivity contribution is 1.04. The monoisotopic (exact) mass is 201 g/mol. The van der Waals surface area contributed by atoms with E-state index in [1.54, 1.807) is 0 Å². The summed E-state index contributed by atoms with van der Waals surface area (Å²) < 4.78 is 2.15. The van der Waals surface area contributed by atoms with Crippen LogP contribution in [0.5, 0.6) is 0 Å². The highest BCUT2D eigenvalue weighted by atomic mass is 15.1. The Kier molecular flexibility index (Phi) is 1.75.